The molecular formula is C8H3N4O+. The molecule has 5 heteroatoms. The summed E-state index contributed by atoms with van der Waals surface area (Å²) in [7, 11) is 1.18. The van der Waals surface area contributed by atoms with Crippen molar-refractivity contribution in [3.63, 3.8) is 0 Å². The second-order valence-corrected chi connectivity index (χ2v) is 1.73. The van der Waals surface area contributed by atoms with Crippen LogP contribution in [0.4, 0.5) is 0 Å². The maximum absolute atomic E-state index is 8.42. The van der Waals surface area contributed by atoms with Crippen LogP contribution < -0.4 is 0 Å². The molecule has 0 saturated heterocycles. The normalized spacial score (nSPS) is 6.54. The summed E-state index contributed by atoms with van der Waals surface area (Å²) >= 11 is 0. The number of methoxy groups -OCH3 is 1. The van der Waals surface area contributed by atoms with Gasteiger partial charge in [0.1, 0.15) is 0 Å². The molecule has 5 nitrogen and oxygen atoms in total. The summed E-state index contributed by atoms with van der Waals surface area (Å²) in [5.74, 6) is -0.671. The third-order valence-corrected chi connectivity index (χ3v) is 1.11. The molecule has 0 atom stereocenters. The molecule has 0 spiro atoms. The highest BCUT2D eigenvalue weighted by Gasteiger charge is 2.32. The molecule has 0 aromatic heterocycles. The number of hydrogen-bond acceptors (Lipinski definition) is 5. The molecule has 0 fully saturated rings. The lowest BCUT2D eigenvalue weighted by atomic mass is 10.1. The number of nitriles is 4. The SMILES string of the molecule is COC(=C(C#N)C#N)[C+](C#N)C#N. The third kappa shape index (κ3) is 2.15. The van der Waals surface area contributed by atoms with Crippen molar-refractivity contribution in [3.05, 3.63) is 17.3 Å². The van der Waals surface area contributed by atoms with Gasteiger partial charge in [-0.1, -0.05) is 0 Å². The molecule has 13 heavy (non-hydrogen) atoms. The fourth-order valence-electron chi connectivity index (χ4n) is 0.582. The first kappa shape index (κ1) is 10.4. The van der Waals surface area contributed by atoms with Crippen LogP contribution in [0.2, 0.25) is 0 Å². The second-order valence-electron chi connectivity index (χ2n) is 1.73. The van der Waals surface area contributed by atoms with Crippen molar-refractivity contribution in [3.8, 4) is 24.3 Å². The van der Waals surface area contributed by atoms with E-state index >= 15 is 0 Å². The van der Waals surface area contributed by atoms with Crippen molar-refractivity contribution < 1.29 is 4.74 Å². The molecule has 0 aliphatic carbocycles. The van der Waals surface area contributed by atoms with Crippen molar-refractivity contribution in [2.24, 2.45) is 0 Å². The zero-order valence-electron chi connectivity index (χ0n) is 6.70. The molecule has 0 rings (SSSR count). The van der Waals surface area contributed by atoms with E-state index in [1.165, 1.54) is 31.4 Å². The first-order valence-corrected chi connectivity index (χ1v) is 3.01. The van der Waals surface area contributed by atoms with Crippen LogP contribution in [0, 0.1) is 51.2 Å². The standard InChI is InChI=1S/C8H3N4O/c1-13-8(6(2-9)3-10)7(4-11)5-12/h1H3/q+1. The van der Waals surface area contributed by atoms with Crippen LogP contribution in [0.15, 0.2) is 11.3 Å². The smallest absolute Gasteiger partial charge is 0.347 e. The van der Waals surface area contributed by atoms with Crippen LogP contribution in [0.25, 0.3) is 0 Å². The molecule has 0 N–H and O–H groups in total. The maximum Gasteiger partial charge on any atom is 0.347 e. The van der Waals surface area contributed by atoms with E-state index in [1.807, 2.05) is 0 Å². The Kier molecular flexibility index (Phi) is 4.05. The molecule has 0 aliphatic rings. The summed E-state index contributed by atoms with van der Waals surface area (Å²) < 4.78 is 4.59. The number of rotatable bonds is 2. The Bertz CT molecular complexity index is 352. The first-order chi connectivity index (χ1) is 6.24. The lowest BCUT2D eigenvalue weighted by molar-refractivity contribution is 0.295. The molecule has 0 aliphatic heterocycles. The summed E-state index contributed by atoms with van der Waals surface area (Å²) in [6, 6.07) is 6.09. The van der Waals surface area contributed by atoms with Crippen LogP contribution in [0.3, 0.4) is 0 Å². The highest BCUT2D eigenvalue weighted by atomic mass is 16.5. The van der Waals surface area contributed by atoms with E-state index in [1.54, 1.807) is 0 Å². The van der Waals surface area contributed by atoms with Crippen molar-refractivity contribution in [1.82, 2.24) is 0 Å². The van der Waals surface area contributed by atoms with Gasteiger partial charge in [0.15, 0.2) is 0 Å². The first-order valence-electron chi connectivity index (χ1n) is 3.01. The van der Waals surface area contributed by atoms with Crippen molar-refractivity contribution in [2.75, 3.05) is 7.11 Å². The Morgan fingerprint density at radius 3 is 1.77 bits per heavy atom. The van der Waals surface area contributed by atoms with Gasteiger partial charge in [0.25, 0.3) is 0 Å². The second kappa shape index (κ2) is 5.08. The van der Waals surface area contributed by atoms with Crippen molar-refractivity contribution >= 4 is 0 Å². The molecule has 0 heterocycles. The average molecular weight is 171 g/mol. The van der Waals surface area contributed by atoms with E-state index in [0.717, 1.165) is 0 Å². The number of nitrogens with zero attached hydrogens (tertiary/aromatic N) is 4. The largest absolute Gasteiger partial charge is 0.462 e. The summed E-state index contributed by atoms with van der Waals surface area (Å²) in [6.07, 6.45) is 0. The molecule has 0 aromatic rings. The summed E-state index contributed by atoms with van der Waals surface area (Å²) in [5.41, 5.74) is -0.388. The lowest BCUT2D eigenvalue weighted by Gasteiger charge is -1.92. The summed E-state index contributed by atoms with van der Waals surface area (Å²) in [5, 5.41) is 33.7. The van der Waals surface area contributed by atoms with Crippen LogP contribution in [0.1, 0.15) is 0 Å². The zero-order chi connectivity index (χ0) is 10.3. The number of allylic oxidation sites excluding steroid dienone is 2. The van der Waals surface area contributed by atoms with E-state index in [2.05, 4.69) is 4.74 Å². The van der Waals surface area contributed by atoms with E-state index in [9.17, 15) is 0 Å². The third-order valence-electron chi connectivity index (χ3n) is 1.11. The Balaban J connectivity index is 5.30. The van der Waals surface area contributed by atoms with Gasteiger partial charge in [-0.2, -0.15) is 21.0 Å². The van der Waals surface area contributed by atoms with Gasteiger partial charge in [-0.25, -0.2) is 0 Å². The van der Waals surface area contributed by atoms with Gasteiger partial charge >= 0.3 is 17.3 Å². The van der Waals surface area contributed by atoms with Crippen LogP contribution in [0.5, 0.6) is 0 Å². The molecule has 0 radical (unpaired) electrons. The molecule has 60 valence electrons. The van der Waals surface area contributed by atoms with Gasteiger partial charge < -0.3 is 4.74 Å². The van der Waals surface area contributed by atoms with E-state index in [0.29, 0.717) is 0 Å². The molecule has 0 saturated carbocycles. The van der Waals surface area contributed by atoms with E-state index in [-0.39, 0.29) is 17.3 Å². The van der Waals surface area contributed by atoms with Gasteiger partial charge in [0.05, 0.1) is 7.11 Å². The molecular weight excluding hydrogens is 168 g/mol. The Labute approximate surface area is 75.3 Å². The average Bonchev–Trinajstić information content (AvgIpc) is 2.18. The zero-order valence-corrected chi connectivity index (χ0v) is 6.70. The Hall–Kier alpha value is -2.63. The van der Waals surface area contributed by atoms with E-state index in [4.69, 9.17) is 21.0 Å². The van der Waals surface area contributed by atoms with Gasteiger partial charge in [0, 0.05) is 0 Å². The topological polar surface area (TPSA) is 104 Å². The number of ether oxygens (including phenoxy) is 1. The minimum atomic E-state index is -0.388. The van der Waals surface area contributed by atoms with Gasteiger partial charge in [-0.15, -0.1) is 0 Å². The maximum atomic E-state index is 8.42. The lowest BCUT2D eigenvalue weighted by Crippen LogP contribution is -2.01. The minimum absolute atomic E-state index is 0.282. The van der Waals surface area contributed by atoms with Crippen molar-refractivity contribution in [1.29, 1.82) is 21.0 Å². The molecule has 0 aromatic carbocycles. The van der Waals surface area contributed by atoms with Gasteiger partial charge in [0.2, 0.25) is 24.3 Å². The summed E-state index contributed by atoms with van der Waals surface area (Å²) in [4.78, 5) is 0. The van der Waals surface area contributed by atoms with Crippen LogP contribution >= 0.6 is 0 Å². The fourth-order valence-corrected chi connectivity index (χ4v) is 0.582. The summed E-state index contributed by atoms with van der Waals surface area (Å²) in [6.45, 7) is 0. The predicted octanol–water partition coefficient (Wildman–Crippen LogP) is 0.556. The monoisotopic (exact) mass is 171 g/mol. The molecule has 0 unspecified atom stereocenters. The highest BCUT2D eigenvalue weighted by Crippen LogP contribution is 2.16. The Morgan fingerprint density at radius 2 is 1.54 bits per heavy atom. The van der Waals surface area contributed by atoms with Crippen LogP contribution in [-0.2, 0) is 4.74 Å². The fraction of sp³-hybridized carbons (Fsp3) is 0.125. The predicted molar refractivity (Wildman–Crippen MR) is 39.7 cm³/mol. The molecule has 0 amide bonds. The highest BCUT2D eigenvalue weighted by molar-refractivity contribution is 5.52. The van der Waals surface area contributed by atoms with Crippen molar-refractivity contribution in [2.45, 2.75) is 0 Å². The van der Waals surface area contributed by atoms with Crippen LogP contribution in [-0.4, -0.2) is 7.11 Å². The number of hydrogen-bond donors (Lipinski definition) is 0. The van der Waals surface area contributed by atoms with Gasteiger partial charge in [-0.05, 0) is 0 Å². The Morgan fingerprint density at radius 1 is 1.08 bits per heavy atom. The van der Waals surface area contributed by atoms with E-state index < -0.39 is 0 Å². The quantitative estimate of drug-likeness (QED) is 0.343. The molecule has 0 bridgehead atoms. The minimum Gasteiger partial charge on any atom is -0.462 e. The van der Waals surface area contributed by atoms with Gasteiger partial charge in [-0.3, -0.25) is 0 Å².